The van der Waals surface area contributed by atoms with Crippen LogP contribution in [0.4, 0.5) is 0 Å². The van der Waals surface area contributed by atoms with Gasteiger partial charge in [-0.05, 0) is 73.9 Å². The first kappa shape index (κ1) is 26.7. The van der Waals surface area contributed by atoms with E-state index in [4.69, 9.17) is 4.74 Å². The Morgan fingerprint density at radius 3 is 2.55 bits per heavy atom. The summed E-state index contributed by atoms with van der Waals surface area (Å²) in [6, 6.07) is 17.1. The molecule has 1 aliphatic heterocycles. The fourth-order valence-electron chi connectivity index (χ4n) is 6.99. The molecular formula is C32H42N2O4. The van der Waals surface area contributed by atoms with Gasteiger partial charge >= 0.3 is 5.97 Å². The molecule has 1 N–H and O–H groups in total. The number of fused-ring (bicyclic) bond motifs is 1. The van der Waals surface area contributed by atoms with E-state index < -0.39 is 0 Å². The summed E-state index contributed by atoms with van der Waals surface area (Å²) in [4.78, 5) is 30.9. The van der Waals surface area contributed by atoms with Crippen LogP contribution in [-0.2, 0) is 14.9 Å². The van der Waals surface area contributed by atoms with Gasteiger partial charge in [-0.2, -0.15) is 0 Å². The Morgan fingerprint density at radius 1 is 1.13 bits per heavy atom. The standard InChI is InChI=1S/C32H42N2O4/c1-22(2)19-34(31(37)25-8-5-4-6-9-25)27-17-30(38-23(3)35)29-21-33(20-24-12-13-24)15-14-32(29,18-27)26-10-7-11-28(36)16-26/h4-11,16,22,24,27,29-30,36H,12-15,17-21H2,1-3H3/t27-,29?,30?,32?/m1/s1. The van der Waals surface area contributed by atoms with Crippen molar-refractivity contribution in [3.8, 4) is 5.75 Å². The maximum Gasteiger partial charge on any atom is 0.302 e. The molecule has 2 aromatic rings. The molecule has 38 heavy (non-hydrogen) atoms. The molecule has 1 saturated heterocycles. The maximum absolute atomic E-state index is 13.9. The molecule has 5 rings (SSSR count). The normalized spacial score (nSPS) is 27.5. The number of carbonyl (C=O) groups excluding carboxylic acids is 2. The van der Waals surface area contributed by atoms with Crippen LogP contribution in [0.25, 0.3) is 0 Å². The number of benzene rings is 2. The quantitative estimate of drug-likeness (QED) is 0.483. The van der Waals surface area contributed by atoms with Crippen LogP contribution in [0.15, 0.2) is 54.6 Å². The summed E-state index contributed by atoms with van der Waals surface area (Å²) in [5.41, 5.74) is 1.48. The summed E-state index contributed by atoms with van der Waals surface area (Å²) in [6.07, 6.45) is 4.65. The fraction of sp³-hybridized carbons (Fsp3) is 0.562. The number of amides is 1. The van der Waals surface area contributed by atoms with E-state index >= 15 is 0 Å². The van der Waals surface area contributed by atoms with Gasteiger partial charge in [0, 0.05) is 55.9 Å². The molecule has 2 aromatic carbocycles. The van der Waals surface area contributed by atoms with Crippen molar-refractivity contribution in [3.63, 3.8) is 0 Å². The molecule has 2 saturated carbocycles. The van der Waals surface area contributed by atoms with Gasteiger partial charge in [-0.3, -0.25) is 9.59 Å². The first-order chi connectivity index (χ1) is 18.2. The van der Waals surface area contributed by atoms with E-state index in [-0.39, 0.29) is 41.1 Å². The number of aromatic hydroxyl groups is 1. The molecule has 1 heterocycles. The van der Waals surface area contributed by atoms with E-state index in [0.717, 1.165) is 44.0 Å². The molecule has 0 aromatic heterocycles. The highest BCUT2D eigenvalue weighted by molar-refractivity contribution is 5.94. The highest BCUT2D eigenvalue weighted by Crippen LogP contribution is 2.52. The largest absolute Gasteiger partial charge is 0.508 e. The van der Waals surface area contributed by atoms with Crippen molar-refractivity contribution >= 4 is 11.9 Å². The lowest BCUT2D eigenvalue weighted by Gasteiger charge is -2.57. The molecule has 204 valence electrons. The smallest absolute Gasteiger partial charge is 0.302 e. The second-order valence-corrected chi connectivity index (χ2v) is 12.2. The number of rotatable bonds is 8. The third-order valence-electron chi connectivity index (χ3n) is 8.83. The van der Waals surface area contributed by atoms with Crippen molar-refractivity contribution in [2.75, 3.05) is 26.2 Å². The maximum atomic E-state index is 13.9. The van der Waals surface area contributed by atoms with Crippen molar-refractivity contribution in [2.24, 2.45) is 17.8 Å². The molecule has 2 aliphatic carbocycles. The van der Waals surface area contributed by atoms with E-state index in [1.54, 1.807) is 6.07 Å². The predicted molar refractivity (Wildman–Crippen MR) is 148 cm³/mol. The lowest BCUT2D eigenvalue weighted by atomic mass is 9.56. The molecule has 6 heteroatoms. The number of piperidine rings is 1. The third kappa shape index (κ3) is 5.75. The second kappa shape index (κ2) is 11.1. The minimum absolute atomic E-state index is 0.0292. The second-order valence-electron chi connectivity index (χ2n) is 12.2. The number of nitrogens with zero attached hydrogens (tertiary/aromatic N) is 2. The Bertz CT molecular complexity index is 1130. The summed E-state index contributed by atoms with van der Waals surface area (Å²) in [5, 5.41) is 10.5. The monoisotopic (exact) mass is 518 g/mol. The van der Waals surface area contributed by atoms with Crippen molar-refractivity contribution < 1.29 is 19.4 Å². The van der Waals surface area contributed by atoms with Gasteiger partial charge in [-0.25, -0.2) is 0 Å². The van der Waals surface area contributed by atoms with Gasteiger partial charge in [0.05, 0.1) is 0 Å². The molecule has 3 unspecified atom stereocenters. The van der Waals surface area contributed by atoms with Gasteiger partial charge in [0.2, 0.25) is 0 Å². The first-order valence-electron chi connectivity index (χ1n) is 14.3. The molecule has 6 nitrogen and oxygen atoms in total. The van der Waals surface area contributed by atoms with E-state index in [9.17, 15) is 14.7 Å². The van der Waals surface area contributed by atoms with Crippen LogP contribution in [-0.4, -0.2) is 65.1 Å². The van der Waals surface area contributed by atoms with Crippen LogP contribution in [0.5, 0.6) is 5.75 Å². The third-order valence-corrected chi connectivity index (χ3v) is 8.83. The van der Waals surface area contributed by atoms with Gasteiger partial charge in [0.25, 0.3) is 5.91 Å². The van der Waals surface area contributed by atoms with E-state index in [1.807, 2.05) is 47.4 Å². The van der Waals surface area contributed by atoms with E-state index in [0.29, 0.717) is 24.4 Å². The van der Waals surface area contributed by atoms with Gasteiger partial charge in [0.1, 0.15) is 11.9 Å². The molecule has 0 bridgehead atoms. The zero-order valence-electron chi connectivity index (χ0n) is 23.0. The van der Waals surface area contributed by atoms with Gasteiger partial charge in [-0.1, -0.05) is 44.2 Å². The summed E-state index contributed by atoms with van der Waals surface area (Å²) in [7, 11) is 0. The van der Waals surface area contributed by atoms with Crippen LogP contribution in [0.1, 0.15) is 68.8 Å². The summed E-state index contributed by atoms with van der Waals surface area (Å²) in [5.74, 6) is 1.19. The van der Waals surface area contributed by atoms with Gasteiger partial charge in [0.15, 0.2) is 0 Å². The summed E-state index contributed by atoms with van der Waals surface area (Å²) < 4.78 is 6.11. The number of ether oxygens (including phenoxy) is 1. The highest BCUT2D eigenvalue weighted by atomic mass is 16.5. The Labute approximate surface area is 227 Å². The Morgan fingerprint density at radius 2 is 1.89 bits per heavy atom. The average molecular weight is 519 g/mol. The fourth-order valence-corrected chi connectivity index (χ4v) is 6.99. The van der Waals surface area contributed by atoms with Crippen LogP contribution in [0.2, 0.25) is 0 Å². The van der Waals surface area contributed by atoms with Crippen LogP contribution >= 0.6 is 0 Å². The van der Waals surface area contributed by atoms with Crippen molar-refractivity contribution in [3.05, 3.63) is 65.7 Å². The number of phenolic OH excluding ortho intramolecular Hbond substituents is 1. The van der Waals surface area contributed by atoms with Crippen molar-refractivity contribution in [2.45, 2.75) is 70.4 Å². The van der Waals surface area contributed by atoms with Gasteiger partial charge in [-0.15, -0.1) is 0 Å². The summed E-state index contributed by atoms with van der Waals surface area (Å²) in [6.45, 7) is 9.36. The molecule has 4 atom stereocenters. The Hall–Kier alpha value is -2.86. The number of hydrogen-bond acceptors (Lipinski definition) is 5. The number of likely N-dealkylation sites (tertiary alicyclic amines) is 1. The number of phenols is 1. The van der Waals surface area contributed by atoms with Crippen LogP contribution < -0.4 is 0 Å². The first-order valence-corrected chi connectivity index (χ1v) is 14.3. The van der Waals surface area contributed by atoms with Crippen LogP contribution in [0.3, 0.4) is 0 Å². The SMILES string of the molecule is CC(=O)OC1C[C@@H](N(CC(C)C)C(=O)c2ccccc2)CC2(c3cccc(O)c3)CCN(CC3CC3)CC12. The molecule has 0 radical (unpaired) electrons. The Balaban J connectivity index is 1.55. The van der Waals surface area contributed by atoms with Crippen molar-refractivity contribution in [1.82, 2.24) is 9.80 Å². The minimum atomic E-state index is -0.298. The molecule has 3 aliphatic rings. The van der Waals surface area contributed by atoms with E-state index in [1.165, 1.54) is 19.8 Å². The zero-order valence-corrected chi connectivity index (χ0v) is 23.0. The lowest BCUT2D eigenvalue weighted by Crippen LogP contribution is -2.62. The zero-order chi connectivity index (χ0) is 26.9. The highest BCUT2D eigenvalue weighted by Gasteiger charge is 2.55. The predicted octanol–water partition coefficient (Wildman–Crippen LogP) is 5.25. The summed E-state index contributed by atoms with van der Waals surface area (Å²) >= 11 is 0. The molecule has 1 amide bonds. The molecule has 3 fully saturated rings. The average Bonchev–Trinajstić information content (AvgIpc) is 3.71. The van der Waals surface area contributed by atoms with Gasteiger partial charge < -0.3 is 19.6 Å². The molecule has 0 spiro atoms. The minimum Gasteiger partial charge on any atom is -0.508 e. The van der Waals surface area contributed by atoms with Crippen LogP contribution in [0, 0.1) is 17.8 Å². The molecular weight excluding hydrogens is 476 g/mol. The number of hydrogen-bond donors (Lipinski definition) is 1. The lowest BCUT2D eigenvalue weighted by molar-refractivity contribution is -0.159. The number of esters is 1. The topological polar surface area (TPSA) is 70.1 Å². The Kier molecular flexibility index (Phi) is 7.80. The van der Waals surface area contributed by atoms with E-state index in [2.05, 4.69) is 24.8 Å². The number of carbonyl (C=O) groups is 2. The van der Waals surface area contributed by atoms with Crippen molar-refractivity contribution in [1.29, 1.82) is 0 Å².